The number of cyclic esters (lactones) is 1. The average Bonchev–Trinajstić information content (AvgIpc) is 2.81. The first kappa shape index (κ1) is 18.0. The van der Waals surface area contributed by atoms with Crippen LogP contribution in [0.2, 0.25) is 0 Å². The molecule has 24 heavy (non-hydrogen) atoms. The molecule has 1 heterocycles. The monoisotopic (exact) mass is 334 g/mol. The van der Waals surface area contributed by atoms with Crippen molar-refractivity contribution >= 4 is 17.7 Å². The molecule has 1 aliphatic rings. The SMILES string of the molecule is COC(=O)[C@H]1C(=O)OC(C)(C)[C@H]1[C@H](C)C(=O)c1ccc(OC)cc1. The number of carbonyl (C=O) groups is 3. The van der Waals surface area contributed by atoms with Gasteiger partial charge in [-0.05, 0) is 38.1 Å². The Morgan fingerprint density at radius 2 is 1.75 bits per heavy atom. The van der Waals surface area contributed by atoms with Crippen LogP contribution in [0.4, 0.5) is 0 Å². The highest BCUT2D eigenvalue weighted by Crippen LogP contribution is 2.43. The zero-order chi connectivity index (χ0) is 18.1. The van der Waals surface area contributed by atoms with Crippen LogP contribution in [0, 0.1) is 17.8 Å². The summed E-state index contributed by atoms with van der Waals surface area (Å²) in [5.41, 5.74) is -0.445. The molecule has 0 spiro atoms. The van der Waals surface area contributed by atoms with E-state index in [1.807, 2.05) is 0 Å². The smallest absolute Gasteiger partial charge is 0.321 e. The molecule has 0 bridgehead atoms. The van der Waals surface area contributed by atoms with Gasteiger partial charge in [-0.15, -0.1) is 0 Å². The summed E-state index contributed by atoms with van der Waals surface area (Å²) >= 11 is 0. The third-order valence-electron chi connectivity index (χ3n) is 4.56. The Morgan fingerprint density at radius 3 is 2.25 bits per heavy atom. The number of methoxy groups -OCH3 is 2. The predicted molar refractivity (Wildman–Crippen MR) is 85.7 cm³/mol. The highest BCUT2D eigenvalue weighted by Gasteiger charge is 2.57. The van der Waals surface area contributed by atoms with Crippen molar-refractivity contribution in [1.82, 2.24) is 0 Å². The molecule has 1 aromatic rings. The van der Waals surface area contributed by atoms with Crippen molar-refractivity contribution < 1.29 is 28.6 Å². The van der Waals surface area contributed by atoms with Gasteiger partial charge in [0, 0.05) is 17.4 Å². The summed E-state index contributed by atoms with van der Waals surface area (Å²) in [6.07, 6.45) is 0. The molecule has 0 N–H and O–H groups in total. The van der Waals surface area contributed by atoms with Crippen molar-refractivity contribution in [3.05, 3.63) is 29.8 Å². The van der Waals surface area contributed by atoms with Crippen molar-refractivity contribution in [2.45, 2.75) is 26.4 Å². The van der Waals surface area contributed by atoms with Gasteiger partial charge in [-0.3, -0.25) is 14.4 Å². The molecule has 6 heteroatoms. The molecule has 1 aliphatic heterocycles. The van der Waals surface area contributed by atoms with Gasteiger partial charge in [-0.2, -0.15) is 0 Å². The maximum absolute atomic E-state index is 12.8. The van der Waals surface area contributed by atoms with E-state index < -0.39 is 35.3 Å². The van der Waals surface area contributed by atoms with Crippen LogP contribution in [-0.2, 0) is 19.1 Å². The van der Waals surface area contributed by atoms with Gasteiger partial charge in [0.1, 0.15) is 11.4 Å². The lowest BCUT2D eigenvalue weighted by molar-refractivity contribution is -0.156. The molecule has 6 nitrogen and oxygen atoms in total. The van der Waals surface area contributed by atoms with E-state index in [1.165, 1.54) is 7.11 Å². The first-order valence-corrected chi connectivity index (χ1v) is 7.72. The van der Waals surface area contributed by atoms with E-state index in [0.29, 0.717) is 11.3 Å². The summed E-state index contributed by atoms with van der Waals surface area (Å²) in [5.74, 6) is -3.14. The third-order valence-corrected chi connectivity index (χ3v) is 4.56. The maximum Gasteiger partial charge on any atom is 0.321 e. The second-order valence-electron chi connectivity index (χ2n) is 6.43. The quantitative estimate of drug-likeness (QED) is 0.467. The van der Waals surface area contributed by atoms with Gasteiger partial charge in [-0.25, -0.2) is 0 Å². The molecule has 0 saturated carbocycles. The van der Waals surface area contributed by atoms with Crippen LogP contribution < -0.4 is 4.74 Å². The van der Waals surface area contributed by atoms with E-state index in [2.05, 4.69) is 0 Å². The highest BCUT2D eigenvalue weighted by atomic mass is 16.6. The van der Waals surface area contributed by atoms with Crippen molar-refractivity contribution in [1.29, 1.82) is 0 Å². The fourth-order valence-electron chi connectivity index (χ4n) is 3.38. The van der Waals surface area contributed by atoms with Crippen LogP contribution in [0.25, 0.3) is 0 Å². The lowest BCUT2D eigenvalue weighted by atomic mass is 9.72. The van der Waals surface area contributed by atoms with Crippen LogP contribution in [0.3, 0.4) is 0 Å². The zero-order valence-electron chi connectivity index (χ0n) is 14.5. The summed E-state index contributed by atoms with van der Waals surface area (Å²) in [4.78, 5) is 36.9. The van der Waals surface area contributed by atoms with Gasteiger partial charge in [-0.1, -0.05) is 6.92 Å². The molecule has 1 saturated heterocycles. The molecular formula is C18H22O6. The number of carbonyl (C=O) groups excluding carboxylic acids is 3. The summed E-state index contributed by atoms with van der Waals surface area (Å²) < 4.78 is 15.1. The van der Waals surface area contributed by atoms with Gasteiger partial charge >= 0.3 is 11.9 Å². The molecule has 1 fully saturated rings. The number of ether oxygens (including phenoxy) is 3. The van der Waals surface area contributed by atoms with E-state index >= 15 is 0 Å². The van der Waals surface area contributed by atoms with E-state index in [9.17, 15) is 14.4 Å². The molecule has 0 aliphatic carbocycles. The molecule has 3 atom stereocenters. The molecule has 130 valence electrons. The Hall–Kier alpha value is -2.37. The number of Topliss-reactive ketones (excluding diaryl/α,β-unsaturated/α-hetero) is 1. The van der Waals surface area contributed by atoms with Crippen LogP contribution >= 0.6 is 0 Å². The van der Waals surface area contributed by atoms with Crippen LogP contribution in [0.1, 0.15) is 31.1 Å². The van der Waals surface area contributed by atoms with Crippen LogP contribution in [-0.4, -0.2) is 37.5 Å². The lowest BCUT2D eigenvalue weighted by Gasteiger charge is -2.30. The first-order valence-electron chi connectivity index (χ1n) is 7.72. The van der Waals surface area contributed by atoms with E-state index in [4.69, 9.17) is 14.2 Å². The summed E-state index contributed by atoms with van der Waals surface area (Å²) in [6, 6.07) is 6.71. The van der Waals surface area contributed by atoms with Gasteiger partial charge in [0.15, 0.2) is 11.7 Å². The number of benzene rings is 1. The van der Waals surface area contributed by atoms with E-state index in [1.54, 1.807) is 52.1 Å². The Labute approximate surface area is 141 Å². The average molecular weight is 334 g/mol. The number of esters is 2. The number of ketones is 1. The lowest BCUT2D eigenvalue weighted by Crippen LogP contribution is -2.41. The molecule has 0 unspecified atom stereocenters. The van der Waals surface area contributed by atoms with Crippen LogP contribution in [0.5, 0.6) is 5.75 Å². The van der Waals surface area contributed by atoms with E-state index in [0.717, 1.165) is 0 Å². The first-order chi connectivity index (χ1) is 11.2. The van der Waals surface area contributed by atoms with Gasteiger partial charge in [0.2, 0.25) is 0 Å². The predicted octanol–water partition coefficient (Wildman–Crippen LogP) is 2.25. The normalized spacial score (nSPS) is 23.3. The fraction of sp³-hybridized carbons (Fsp3) is 0.500. The zero-order valence-corrected chi connectivity index (χ0v) is 14.5. The Kier molecular flexibility index (Phi) is 4.96. The highest BCUT2D eigenvalue weighted by molar-refractivity contribution is 6.01. The molecule has 0 radical (unpaired) electrons. The summed E-state index contributed by atoms with van der Waals surface area (Å²) in [7, 11) is 2.76. The van der Waals surface area contributed by atoms with Gasteiger partial charge in [0.05, 0.1) is 14.2 Å². The molecule has 0 amide bonds. The van der Waals surface area contributed by atoms with E-state index in [-0.39, 0.29) is 5.78 Å². The molecule has 0 aromatic heterocycles. The second-order valence-corrected chi connectivity index (χ2v) is 6.43. The molecule has 2 rings (SSSR count). The number of rotatable bonds is 5. The fourth-order valence-corrected chi connectivity index (χ4v) is 3.38. The number of hydrogen-bond donors (Lipinski definition) is 0. The number of hydrogen-bond acceptors (Lipinski definition) is 6. The summed E-state index contributed by atoms with van der Waals surface area (Å²) in [5, 5.41) is 0. The Bertz CT molecular complexity index is 646. The molecule has 1 aromatic carbocycles. The maximum atomic E-state index is 12.8. The minimum Gasteiger partial charge on any atom is -0.497 e. The Morgan fingerprint density at radius 1 is 1.17 bits per heavy atom. The second kappa shape index (κ2) is 6.63. The summed E-state index contributed by atoms with van der Waals surface area (Å²) in [6.45, 7) is 5.11. The third kappa shape index (κ3) is 3.13. The van der Waals surface area contributed by atoms with Gasteiger partial charge < -0.3 is 14.2 Å². The van der Waals surface area contributed by atoms with Crippen molar-refractivity contribution in [2.75, 3.05) is 14.2 Å². The minimum absolute atomic E-state index is 0.164. The van der Waals surface area contributed by atoms with Crippen molar-refractivity contribution in [3.63, 3.8) is 0 Å². The Balaban J connectivity index is 2.33. The standard InChI is InChI=1S/C18H22O6/c1-10(15(19)11-6-8-12(22-4)9-7-11)14-13(16(20)23-5)17(21)24-18(14,2)3/h6-10,13-14H,1-5H3/t10-,13-,14-/m0/s1. The molecular weight excluding hydrogens is 312 g/mol. The van der Waals surface area contributed by atoms with Gasteiger partial charge in [0.25, 0.3) is 0 Å². The van der Waals surface area contributed by atoms with Crippen molar-refractivity contribution in [3.8, 4) is 5.75 Å². The largest absolute Gasteiger partial charge is 0.497 e. The van der Waals surface area contributed by atoms with Crippen LogP contribution in [0.15, 0.2) is 24.3 Å². The topological polar surface area (TPSA) is 78.9 Å². The minimum atomic E-state index is -1.10. The van der Waals surface area contributed by atoms with Crippen molar-refractivity contribution in [2.24, 2.45) is 17.8 Å².